The van der Waals surface area contributed by atoms with Crippen LogP contribution in [0, 0.1) is 17.6 Å². The van der Waals surface area contributed by atoms with Gasteiger partial charge >= 0.3 is 5.97 Å². The van der Waals surface area contributed by atoms with E-state index in [1.165, 1.54) is 9.47 Å². The van der Waals surface area contributed by atoms with Crippen LogP contribution in [-0.2, 0) is 0 Å². The summed E-state index contributed by atoms with van der Waals surface area (Å²) < 4.78 is 31.9. The fourth-order valence-electron chi connectivity index (χ4n) is 3.80. The molecule has 2 fully saturated rings. The predicted molar refractivity (Wildman–Crippen MR) is 97.1 cm³/mol. The standard InChI is InChI=1S/C18H20F2N4O3/c1-7-4-23(6-10(7)21)16-12(19)14(22)11-15(13(16)20)24(8-2-3-8)5-9(17(11)25)18(26)27/h5,7-8,10H,2-4,6,21-22H2,1H3,(H,26,27)/t7-,10-/m0/s1. The smallest absolute Gasteiger partial charge is 0.341 e. The zero-order valence-corrected chi connectivity index (χ0v) is 14.7. The summed E-state index contributed by atoms with van der Waals surface area (Å²) in [4.78, 5) is 25.5. The first kappa shape index (κ1) is 17.7. The molecule has 2 atom stereocenters. The van der Waals surface area contributed by atoms with Gasteiger partial charge in [0, 0.05) is 31.4 Å². The van der Waals surface area contributed by atoms with Crippen molar-refractivity contribution in [2.45, 2.75) is 31.8 Å². The normalized spacial score (nSPS) is 22.6. The van der Waals surface area contributed by atoms with Crippen LogP contribution in [0.4, 0.5) is 20.2 Å². The lowest BCUT2D eigenvalue weighted by Gasteiger charge is -2.23. The number of carboxylic acid groups (broad SMARTS) is 1. The van der Waals surface area contributed by atoms with E-state index in [0.717, 1.165) is 6.20 Å². The van der Waals surface area contributed by atoms with Crippen molar-refractivity contribution < 1.29 is 18.7 Å². The van der Waals surface area contributed by atoms with E-state index >= 15 is 8.78 Å². The summed E-state index contributed by atoms with van der Waals surface area (Å²) in [6.07, 6.45) is 2.57. The highest BCUT2D eigenvalue weighted by Crippen LogP contribution is 2.42. The fraction of sp³-hybridized carbons (Fsp3) is 0.444. The molecule has 27 heavy (non-hydrogen) atoms. The second-order valence-corrected chi connectivity index (χ2v) is 7.48. The Morgan fingerprint density at radius 1 is 1.26 bits per heavy atom. The van der Waals surface area contributed by atoms with Gasteiger partial charge in [0.25, 0.3) is 0 Å². The van der Waals surface area contributed by atoms with E-state index in [4.69, 9.17) is 11.5 Å². The number of hydrogen-bond donors (Lipinski definition) is 3. The lowest BCUT2D eigenvalue weighted by atomic mass is 10.1. The third-order valence-corrected chi connectivity index (χ3v) is 5.52. The molecule has 5 N–H and O–H groups in total. The lowest BCUT2D eigenvalue weighted by Crippen LogP contribution is -2.30. The summed E-state index contributed by atoms with van der Waals surface area (Å²) in [5, 5.41) is 8.88. The van der Waals surface area contributed by atoms with Gasteiger partial charge in [0.05, 0.1) is 16.6 Å². The molecule has 2 heterocycles. The van der Waals surface area contributed by atoms with E-state index in [2.05, 4.69) is 0 Å². The number of aromatic nitrogens is 1. The summed E-state index contributed by atoms with van der Waals surface area (Å²) in [6, 6.07) is -0.376. The maximum absolute atomic E-state index is 15.5. The van der Waals surface area contributed by atoms with Crippen LogP contribution in [0.15, 0.2) is 11.0 Å². The molecule has 0 radical (unpaired) electrons. The first-order valence-electron chi connectivity index (χ1n) is 8.81. The monoisotopic (exact) mass is 378 g/mol. The Hall–Kier alpha value is -2.68. The molecule has 1 aromatic carbocycles. The molecule has 144 valence electrons. The molecule has 4 rings (SSSR count). The molecule has 2 aliphatic rings. The molecule has 0 unspecified atom stereocenters. The van der Waals surface area contributed by atoms with Crippen molar-refractivity contribution in [3.63, 3.8) is 0 Å². The highest BCUT2D eigenvalue weighted by atomic mass is 19.1. The fourth-order valence-corrected chi connectivity index (χ4v) is 3.80. The van der Waals surface area contributed by atoms with Gasteiger partial charge in [0.1, 0.15) is 11.3 Å². The molecule has 0 amide bonds. The zero-order valence-electron chi connectivity index (χ0n) is 14.7. The van der Waals surface area contributed by atoms with Crippen LogP contribution < -0.4 is 21.8 Å². The number of aromatic carboxylic acids is 1. The number of halogens is 2. The maximum Gasteiger partial charge on any atom is 0.341 e. The molecular formula is C18H20F2N4O3. The molecule has 1 aliphatic carbocycles. The number of hydrogen-bond acceptors (Lipinski definition) is 5. The van der Waals surface area contributed by atoms with E-state index in [1.807, 2.05) is 6.92 Å². The van der Waals surface area contributed by atoms with Crippen LogP contribution in [0.2, 0.25) is 0 Å². The first-order chi connectivity index (χ1) is 12.7. The molecule has 0 spiro atoms. The number of rotatable bonds is 3. The van der Waals surface area contributed by atoms with Crippen molar-refractivity contribution in [2.75, 3.05) is 23.7 Å². The average molecular weight is 378 g/mol. The van der Waals surface area contributed by atoms with Gasteiger partial charge in [-0.15, -0.1) is 0 Å². The van der Waals surface area contributed by atoms with Crippen molar-refractivity contribution in [2.24, 2.45) is 11.7 Å². The van der Waals surface area contributed by atoms with Crippen molar-refractivity contribution >= 4 is 28.2 Å². The van der Waals surface area contributed by atoms with Gasteiger partial charge < -0.3 is 26.0 Å². The Labute approximate surface area is 153 Å². The van der Waals surface area contributed by atoms with Crippen LogP contribution in [0.25, 0.3) is 10.9 Å². The summed E-state index contributed by atoms with van der Waals surface area (Å²) in [5.41, 5.74) is 9.34. The van der Waals surface area contributed by atoms with Gasteiger partial charge in [0.2, 0.25) is 5.43 Å². The second kappa shape index (κ2) is 5.91. The topological polar surface area (TPSA) is 115 Å². The molecular weight excluding hydrogens is 358 g/mol. The SMILES string of the molecule is C[C@H]1CN(c2c(F)c(N)c3c(=O)c(C(=O)O)cn(C4CC4)c3c2F)C[C@@H]1N. The van der Waals surface area contributed by atoms with Crippen LogP contribution in [-0.4, -0.2) is 34.8 Å². The van der Waals surface area contributed by atoms with E-state index in [0.29, 0.717) is 19.4 Å². The van der Waals surface area contributed by atoms with Gasteiger partial charge in [0.15, 0.2) is 11.6 Å². The number of carbonyl (C=O) groups is 1. The Morgan fingerprint density at radius 2 is 1.93 bits per heavy atom. The van der Waals surface area contributed by atoms with E-state index < -0.39 is 39.7 Å². The van der Waals surface area contributed by atoms with Gasteiger partial charge in [-0.25, -0.2) is 13.6 Å². The van der Waals surface area contributed by atoms with Crippen LogP contribution in [0.5, 0.6) is 0 Å². The third-order valence-electron chi connectivity index (χ3n) is 5.52. The van der Waals surface area contributed by atoms with Crippen molar-refractivity contribution in [3.05, 3.63) is 33.6 Å². The number of anilines is 2. The third kappa shape index (κ3) is 2.56. The van der Waals surface area contributed by atoms with Crippen LogP contribution in [0.3, 0.4) is 0 Å². The Kier molecular flexibility index (Phi) is 3.88. The summed E-state index contributed by atoms with van der Waals surface area (Å²) in [6.45, 7) is 2.52. The summed E-state index contributed by atoms with van der Waals surface area (Å²) in [7, 11) is 0. The van der Waals surface area contributed by atoms with E-state index in [-0.39, 0.29) is 35.8 Å². The predicted octanol–water partition coefficient (Wildman–Crippen LogP) is 1.68. The van der Waals surface area contributed by atoms with Crippen molar-refractivity contribution in [1.29, 1.82) is 0 Å². The minimum atomic E-state index is -1.46. The number of benzene rings is 1. The minimum Gasteiger partial charge on any atom is -0.477 e. The van der Waals surface area contributed by atoms with Crippen molar-refractivity contribution in [1.82, 2.24) is 4.57 Å². The van der Waals surface area contributed by atoms with Crippen LogP contribution >= 0.6 is 0 Å². The minimum absolute atomic E-state index is 0.0423. The summed E-state index contributed by atoms with van der Waals surface area (Å²) >= 11 is 0. The molecule has 2 aromatic rings. The van der Waals surface area contributed by atoms with Crippen molar-refractivity contribution in [3.8, 4) is 0 Å². The van der Waals surface area contributed by atoms with Gasteiger partial charge in [-0.1, -0.05) is 6.92 Å². The quantitative estimate of drug-likeness (QED) is 0.700. The largest absolute Gasteiger partial charge is 0.477 e. The first-order valence-corrected chi connectivity index (χ1v) is 8.81. The average Bonchev–Trinajstić information content (AvgIpc) is 3.38. The number of fused-ring (bicyclic) bond motifs is 1. The molecule has 1 aromatic heterocycles. The molecule has 9 heteroatoms. The van der Waals surface area contributed by atoms with Gasteiger partial charge in [-0.05, 0) is 18.8 Å². The second-order valence-electron chi connectivity index (χ2n) is 7.48. The highest BCUT2D eigenvalue weighted by molar-refractivity contribution is 5.99. The van der Waals surface area contributed by atoms with E-state index in [9.17, 15) is 14.7 Å². The van der Waals surface area contributed by atoms with Crippen LogP contribution in [0.1, 0.15) is 36.2 Å². The lowest BCUT2D eigenvalue weighted by molar-refractivity contribution is 0.0695. The molecule has 1 saturated carbocycles. The zero-order chi connectivity index (χ0) is 19.6. The molecule has 7 nitrogen and oxygen atoms in total. The number of nitrogens with zero attached hydrogens (tertiary/aromatic N) is 2. The molecule has 1 aliphatic heterocycles. The number of pyridine rings is 1. The summed E-state index contributed by atoms with van der Waals surface area (Å²) in [5.74, 6) is -3.37. The maximum atomic E-state index is 15.5. The van der Waals surface area contributed by atoms with Gasteiger partial charge in [-0.3, -0.25) is 4.79 Å². The van der Waals surface area contributed by atoms with E-state index in [1.54, 1.807) is 0 Å². The number of nitrogens with two attached hydrogens (primary N) is 2. The van der Waals surface area contributed by atoms with Gasteiger partial charge in [-0.2, -0.15) is 0 Å². The molecule has 1 saturated heterocycles. The Morgan fingerprint density at radius 3 is 2.44 bits per heavy atom. The molecule has 0 bridgehead atoms. The number of nitrogen functional groups attached to an aromatic ring is 1. The Bertz CT molecular complexity index is 1020. The Balaban J connectivity index is 2.07. The number of carboxylic acids is 1. The highest BCUT2D eigenvalue weighted by Gasteiger charge is 2.35.